The van der Waals surface area contributed by atoms with Crippen LogP contribution in [0.2, 0.25) is 10.0 Å². The number of sulfonamides is 1. The Morgan fingerprint density at radius 2 is 1.90 bits per heavy atom. The fraction of sp³-hybridized carbons (Fsp3) is 0.464. The molecule has 0 spiro atoms. The van der Waals surface area contributed by atoms with Crippen molar-refractivity contribution < 1.29 is 13.2 Å². The minimum atomic E-state index is -4.11. The van der Waals surface area contributed by atoms with Crippen LogP contribution in [0, 0.1) is 0 Å². The number of nitrogens with zero attached hydrogens (tertiary/aromatic N) is 7. The number of benzene rings is 1. The molecule has 2 atom stereocenters. The summed E-state index contributed by atoms with van der Waals surface area (Å²) in [6.07, 6.45) is 13.7. The van der Waals surface area contributed by atoms with Gasteiger partial charge in [0.25, 0.3) is 10.0 Å². The highest BCUT2D eigenvalue weighted by Crippen LogP contribution is 2.32. The number of fused-ring (bicyclic) bond motifs is 1. The van der Waals surface area contributed by atoms with E-state index in [1.54, 1.807) is 10.9 Å². The standard InChI is InChI=1S/C28H32Cl2N8O3S/c29-22-8-7-20(16-23(22)30)42(40,41)38-14-10-31-28(39)26(38)15-19-18-37(35-34-19)25-6-4-5-24-21(25)17-32-27(33-24)9-13-36-11-2-1-3-12-36/h7-8,10,14,16-18,25-26H,1-6,9,11-13,15H2,(H,31,39)/t25-,26-/m0/s1. The molecule has 222 valence electrons. The predicted molar refractivity (Wildman–Crippen MR) is 157 cm³/mol. The van der Waals surface area contributed by atoms with Crippen LogP contribution >= 0.6 is 23.2 Å². The molecular weight excluding hydrogens is 599 g/mol. The van der Waals surface area contributed by atoms with Gasteiger partial charge in [0.15, 0.2) is 0 Å². The second-order valence-corrected chi connectivity index (χ2v) is 13.6. The molecule has 2 aliphatic heterocycles. The van der Waals surface area contributed by atoms with Crippen molar-refractivity contribution >= 4 is 39.1 Å². The lowest BCUT2D eigenvalue weighted by molar-refractivity contribution is -0.124. The van der Waals surface area contributed by atoms with Gasteiger partial charge in [-0.25, -0.2) is 23.1 Å². The SMILES string of the molecule is O=C1NC=CN(S(=O)(=O)c2ccc(Cl)c(Cl)c2)[C@H]1Cc1cn([C@H]2CCCc3nc(CCN4CCCCC4)ncc32)nn1. The van der Waals surface area contributed by atoms with Crippen molar-refractivity contribution in [3.8, 4) is 0 Å². The summed E-state index contributed by atoms with van der Waals surface area (Å²) in [6.45, 7) is 3.29. The Morgan fingerprint density at radius 3 is 2.71 bits per heavy atom. The molecular formula is C28H32Cl2N8O3S. The van der Waals surface area contributed by atoms with E-state index < -0.39 is 22.0 Å². The first-order chi connectivity index (χ1) is 20.3. The molecule has 14 heteroatoms. The summed E-state index contributed by atoms with van der Waals surface area (Å²) in [6, 6.07) is 2.90. The molecule has 11 nitrogen and oxygen atoms in total. The van der Waals surface area contributed by atoms with Gasteiger partial charge in [0.1, 0.15) is 11.9 Å². The molecule has 1 fully saturated rings. The lowest BCUT2D eigenvalue weighted by Gasteiger charge is -2.31. The Hall–Kier alpha value is -3.06. The summed E-state index contributed by atoms with van der Waals surface area (Å²) in [5, 5.41) is 11.6. The Kier molecular flexibility index (Phi) is 8.49. The summed E-state index contributed by atoms with van der Waals surface area (Å²) in [4.78, 5) is 24.9. The molecule has 1 saturated heterocycles. The highest BCUT2D eigenvalue weighted by Gasteiger charge is 2.37. The topological polar surface area (TPSA) is 126 Å². The Labute approximate surface area is 255 Å². The van der Waals surface area contributed by atoms with Crippen LogP contribution in [0.3, 0.4) is 0 Å². The Balaban J connectivity index is 1.18. The highest BCUT2D eigenvalue weighted by molar-refractivity contribution is 7.89. The van der Waals surface area contributed by atoms with Gasteiger partial charge in [0, 0.05) is 55.4 Å². The van der Waals surface area contributed by atoms with Gasteiger partial charge in [-0.15, -0.1) is 5.10 Å². The van der Waals surface area contributed by atoms with Crippen LogP contribution in [-0.2, 0) is 34.1 Å². The van der Waals surface area contributed by atoms with Gasteiger partial charge in [-0.3, -0.25) is 9.10 Å². The largest absolute Gasteiger partial charge is 0.329 e. The number of nitrogens with one attached hydrogen (secondary N) is 1. The minimum Gasteiger partial charge on any atom is -0.329 e. The summed E-state index contributed by atoms with van der Waals surface area (Å²) in [5.74, 6) is 0.406. The summed E-state index contributed by atoms with van der Waals surface area (Å²) in [7, 11) is -4.11. The van der Waals surface area contributed by atoms with E-state index in [1.165, 1.54) is 49.9 Å². The monoisotopic (exact) mass is 630 g/mol. The Bertz CT molecular complexity index is 1610. The first kappa shape index (κ1) is 29.0. The number of carbonyl (C=O) groups is 1. The molecule has 4 heterocycles. The molecule has 1 aliphatic carbocycles. The average molecular weight is 632 g/mol. The number of rotatable bonds is 8. The number of amides is 1. The number of hydrogen-bond acceptors (Lipinski definition) is 8. The summed E-state index contributed by atoms with van der Waals surface area (Å²) in [5.41, 5.74) is 2.57. The molecule has 42 heavy (non-hydrogen) atoms. The molecule has 0 saturated carbocycles. The second-order valence-electron chi connectivity index (χ2n) is 10.9. The van der Waals surface area contributed by atoms with Crippen molar-refractivity contribution in [2.45, 2.75) is 68.3 Å². The van der Waals surface area contributed by atoms with Gasteiger partial charge in [0.2, 0.25) is 5.91 Å². The molecule has 0 radical (unpaired) electrons. The van der Waals surface area contributed by atoms with E-state index in [0.717, 1.165) is 66.7 Å². The first-order valence-electron chi connectivity index (χ1n) is 14.2. The first-order valence-corrected chi connectivity index (χ1v) is 16.4. The van der Waals surface area contributed by atoms with Crippen molar-refractivity contribution in [3.63, 3.8) is 0 Å². The third kappa shape index (κ3) is 6.03. The zero-order valence-corrected chi connectivity index (χ0v) is 25.3. The summed E-state index contributed by atoms with van der Waals surface area (Å²) < 4.78 is 29.8. The lowest BCUT2D eigenvalue weighted by atomic mass is 9.92. The molecule has 6 rings (SSSR count). The third-order valence-electron chi connectivity index (χ3n) is 8.10. The van der Waals surface area contributed by atoms with Crippen molar-refractivity contribution in [2.75, 3.05) is 19.6 Å². The third-order valence-corrected chi connectivity index (χ3v) is 10.6. The molecule has 1 aromatic carbocycles. The van der Waals surface area contributed by atoms with Crippen molar-refractivity contribution in [2.24, 2.45) is 0 Å². The number of piperidine rings is 1. The predicted octanol–water partition coefficient (Wildman–Crippen LogP) is 3.53. The molecule has 3 aliphatic rings. The van der Waals surface area contributed by atoms with Crippen LogP contribution in [0.15, 0.2) is 47.9 Å². The number of likely N-dealkylation sites (tertiary alicyclic amines) is 1. The zero-order valence-electron chi connectivity index (χ0n) is 23.0. The van der Waals surface area contributed by atoms with E-state index >= 15 is 0 Å². The molecule has 0 unspecified atom stereocenters. The van der Waals surface area contributed by atoms with E-state index in [4.69, 9.17) is 28.2 Å². The van der Waals surface area contributed by atoms with Gasteiger partial charge in [-0.05, 0) is 63.4 Å². The van der Waals surface area contributed by atoms with Gasteiger partial charge < -0.3 is 10.2 Å². The maximum absolute atomic E-state index is 13.5. The normalized spacial score (nSPS) is 21.3. The van der Waals surface area contributed by atoms with E-state index in [2.05, 4.69) is 25.5 Å². The highest BCUT2D eigenvalue weighted by atomic mass is 35.5. The second kappa shape index (κ2) is 12.3. The fourth-order valence-corrected chi connectivity index (χ4v) is 7.70. The van der Waals surface area contributed by atoms with E-state index in [1.807, 2.05) is 6.20 Å². The van der Waals surface area contributed by atoms with Crippen molar-refractivity contribution in [1.82, 2.24) is 39.5 Å². The lowest BCUT2D eigenvalue weighted by Crippen LogP contribution is -2.50. The van der Waals surface area contributed by atoms with E-state index in [9.17, 15) is 13.2 Å². The van der Waals surface area contributed by atoms with E-state index in [-0.39, 0.29) is 27.4 Å². The van der Waals surface area contributed by atoms with Crippen LogP contribution in [0.1, 0.15) is 60.9 Å². The maximum Gasteiger partial charge on any atom is 0.264 e. The van der Waals surface area contributed by atoms with Crippen molar-refractivity contribution in [3.05, 3.63) is 75.8 Å². The van der Waals surface area contributed by atoms with Crippen molar-refractivity contribution in [1.29, 1.82) is 0 Å². The summed E-state index contributed by atoms with van der Waals surface area (Å²) >= 11 is 12.1. The van der Waals surface area contributed by atoms with Gasteiger partial charge >= 0.3 is 0 Å². The number of carbonyl (C=O) groups excluding carboxylic acids is 1. The van der Waals surface area contributed by atoms with Crippen LogP contribution in [-0.4, -0.2) is 74.2 Å². The van der Waals surface area contributed by atoms with Gasteiger partial charge in [0.05, 0.1) is 26.7 Å². The van der Waals surface area contributed by atoms with Crippen LogP contribution < -0.4 is 5.32 Å². The number of halogens is 2. The van der Waals surface area contributed by atoms with Crippen LogP contribution in [0.4, 0.5) is 0 Å². The van der Waals surface area contributed by atoms with Gasteiger partial charge in [-0.2, -0.15) is 0 Å². The molecule has 1 N–H and O–H groups in total. The molecule has 1 amide bonds. The zero-order chi connectivity index (χ0) is 29.3. The molecule has 3 aromatic rings. The minimum absolute atomic E-state index is 0.0300. The van der Waals surface area contributed by atoms with Gasteiger partial charge in [-0.1, -0.05) is 34.8 Å². The average Bonchev–Trinajstić information content (AvgIpc) is 3.47. The Morgan fingerprint density at radius 1 is 1.07 bits per heavy atom. The van der Waals surface area contributed by atoms with Crippen LogP contribution in [0.25, 0.3) is 0 Å². The number of aromatic nitrogens is 5. The van der Waals surface area contributed by atoms with Crippen LogP contribution in [0.5, 0.6) is 0 Å². The number of hydrogen-bond donors (Lipinski definition) is 1. The number of aryl methyl sites for hydroxylation is 1. The van der Waals surface area contributed by atoms with E-state index in [0.29, 0.717) is 5.69 Å². The maximum atomic E-state index is 13.5. The fourth-order valence-electron chi connectivity index (χ4n) is 5.86. The molecule has 2 aromatic heterocycles. The quantitative estimate of drug-likeness (QED) is 0.401. The smallest absolute Gasteiger partial charge is 0.264 e. The molecule has 0 bridgehead atoms.